The first kappa shape index (κ1) is 9.66. The first-order chi connectivity index (χ1) is 7.22. The van der Waals surface area contributed by atoms with E-state index in [4.69, 9.17) is 5.26 Å². The molecule has 0 aliphatic carbocycles. The molecule has 0 saturated carbocycles. The average molecular weight is 201 g/mol. The van der Waals surface area contributed by atoms with Crippen LogP contribution in [0, 0.1) is 17.2 Å². The predicted molar refractivity (Wildman–Crippen MR) is 55.1 cm³/mol. The van der Waals surface area contributed by atoms with Gasteiger partial charge in [-0.3, -0.25) is 9.69 Å². The number of pyridine rings is 1. The number of nitrogens with zero attached hydrogens (tertiary/aromatic N) is 3. The second-order valence-corrected chi connectivity index (χ2v) is 3.69. The minimum atomic E-state index is 0.0672. The van der Waals surface area contributed by atoms with Gasteiger partial charge in [0.1, 0.15) is 5.82 Å². The lowest BCUT2D eigenvalue weighted by molar-refractivity contribution is -0.119. The van der Waals surface area contributed by atoms with E-state index in [0.717, 1.165) is 6.42 Å². The maximum atomic E-state index is 11.7. The lowest BCUT2D eigenvalue weighted by atomic mass is 10.1. The highest BCUT2D eigenvalue weighted by atomic mass is 16.2. The van der Waals surface area contributed by atoms with Crippen LogP contribution in [0.25, 0.3) is 0 Å². The second kappa shape index (κ2) is 3.70. The van der Waals surface area contributed by atoms with Crippen molar-refractivity contribution in [3.63, 3.8) is 0 Å². The molecule has 1 aliphatic rings. The van der Waals surface area contributed by atoms with E-state index in [1.807, 2.05) is 13.0 Å². The Morgan fingerprint density at radius 3 is 3.07 bits per heavy atom. The number of nitriles is 1. The Morgan fingerprint density at radius 2 is 2.47 bits per heavy atom. The molecule has 2 heterocycles. The van der Waals surface area contributed by atoms with Crippen molar-refractivity contribution in [2.24, 2.45) is 5.92 Å². The Hall–Kier alpha value is -1.89. The van der Waals surface area contributed by atoms with E-state index in [-0.39, 0.29) is 11.8 Å². The van der Waals surface area contributed by atoms with Gasteiger partial charge in [0.25, 0.3) is 0 Å². The fourth-order valence-electron chi connectivity index (χ4n) is 1.69. The van der Waals surface area contributed by atoms with E-state index in [1.165, 1.54) is 0 Å². The van der Waals surface area contributed by atoms with Crippen molar-refractivity contribution in [2.75, 3.05) is 11.4 Å². The summed E-state index contributed by atoms with van der Waals surface area (Å²) in [5.74, 6) is 0.749. The third kappa shape index (κ3) is 1.68. The van der Waals surface area contributed by atoms with E-state index >= 15 is 0 Å². The quantitative estimate of drug-likeness (QED) is 0.688. The van der Waals surface area contributed by atoms with Gasteiger partial charge in [-0.05, 0) is 18.6 Å². The Bertz CT molecular complexity index is 436. The van der Waals surface area contributed by atoms with Crippen LogP contribution in [0.4, 0.5) is 5.82 Å². The van der Waals surface area contributed by atoms with Crippen LogP contribution >= 0.6 is 0 Å². The number of rotatable bonds is 1. The van der Waals surface area contributed by atoms with Crippen molar-refractivity contribution in [1.82, 2.24) is 4.98 Å². The summed E-state index contributed by atoms with van der Waals surface area (Å²) in [6.45, 7) is 2.61. The third-order valence-corrected chi connectivity index (χ3v) is 2.62. The van der Waals surface area contributed by atoms with Gasteiger partial charge in [-0.25, -0.2) is 4.98 Å². The van der Waals surface area contributed by atoms with Crippen LogP contribution in [-0.4, -0.2) is 17.4 Å². The van der Waals surface area contributed by atoms with E-state index in [1.54, 1.807) is 23.2 Å². The fourth-order valence-corrected chi connectivity index (χ4v) is 1.69. The van der Waals surface area contributed by atoms with Crippen LogP contribution in [0.2, 0.25) is 0 Å². The topological polar surface area (TPSA) is 57.0 Å². The van der Waals surface area contributed by atoms with Gasteiger partial charge < -0.3 is 0 Å². The molecule has 0 aromatic carbocycles. The molecule has 0 spiro atoms. The molecule has 15 heavy (non-hydrogen) atoms. The van der Waals surface area contributed by atoms with Crippen LogP contribution in [0.5, 0.6) is 0 Å². The lowest BCUT2D eigenvalue weighted by Gasteiger charge is -2.14. The first-order valence-electron chi connectivity index (χ1n) is 4.90. The third-order valence-electron chi connectivity index (χ3n) is 2.62. The Balaban J connectivity index is 2.31. The molecular formula is C11H11N3O. The summed E-state index contributed by atoms with van der Waals surface area (Å²) in [6.07, 6.45) is 2.42. The lowest BCUT2D eigenvalue weighted by Crippen LogP contribution is -2.27. The number of amides is 1. The molecule has 1 amide bonds. The summed E-state index contributed by atoms with van der Waals surface area (Å²) in [5, 5.41) is 8.74. The number of hydrogen-bond acceptors (Lipinski definition) is 3. The van der Waals surface area contributed by atoms with Gasteiger partial charge in [0, 0.05) is 18.7 Å². The molecule has 0 radical (unpaired) electrons. The summed E-state index contributed by atoms with van der Waals surface area (Å²) >= 11 is 0. The average Bonchev–Trinajstić information content (AvgIpc) is 2.60. The number of carbonyl (C=O) groups is 1. The van der Waals surface area contributed by atoms with Gasteiger partial charge >= 0.3 is 0 Å². The standard InChI is InChI=1S/C11H11N3O/c1-8-3-5-14(11(8)15)10-6-9(7-12)2-4-13-10/h2,4,6,8H,3,5H2,1H3. The van der Waals surface area contributed by atoms with E-state index in [0.29, 0.717) is 17.9 Å². The van der Waals surface area contributed by atoms with Gasteiger partial charge in [0.05, 0.1) is 11.6 Å². The van der Waals surface area contributed by atoms with Gasteiger partial charge in [0.2, 0.25) is 5.91 Å². The highest BCUT2D eigenvalue weighted by Gasteiger charge is 2.29. The molecule has 2 rings (SSSR count). The van der Waals surface area contributed by atoms with Gasteiger partial charge in [-0.15, -0.1) is 0 Å². The van der Waals surface area contributed by atoms with Gasteiger partial charge in [-0.1, -0.05) is 6.92 Å². The summed E-state index contributed by atoms with van der Waals surface area (Å²) < 4.78 is 0. The molecule has 1 aromatic rings. The van der Waals surface area contributed by atoms with Crippen LogP contribution in [0.1, 0.15) is 18.9 Å². The van der Waals surface area contributed by atoms with Crippen molar-refractivity contribution in [3.8, 4) is 6.07 Å². The zero-order valence-corrected chi connectivity index (χ0v) is 8.47. The fraction of sp³-hybridized carbons (Fsp3) is 0.364. The molecule has 1 fully saturated rings. The highest BCUT2D eigenvalue weighted by molar-refractivity contribution is 5.96. The molecule has 0 bridgehead atoms. The molecule has 1 atom stereocenters. The van der Waals surface area contributed by atoms with Crippen molar-refractivity contribution in [1.29, 1.82) is 5.26 Å². The van der Waals surface area contributed by atoms with Gasteiger partial charge in [0.15, 0.2) is 0 Å². The number of aromatic nitrogens is 1. The number of carbonyl (C=O) groups excluding carboxylic acids is 1. The first-order valence-corrected chi connectivity index (χ1v) is 4.90. The maximum Gasteiger partial charge on any atom is 0.231 e. The molecule has 1 aliphatic heterocycles. The molecular weight excluding hydrogens is 190 g/mol. The smallest absolute Gasteiger partial charge is 0.231 e. The Kier molecular flexibility index (Phi) is 2.38. The van der Waals surface area contributed by atoms with E-state index in [2.05, 4.69) is 4.98 Å². The summed E-state index contributed by atoms with van der Waals surface area (Å²) in [5.41, 5.74) is 0.535. The minimum Gasteiger partial charge on any atom is -0.297 e. The van der Waals surface area contributed by atoms with Crippen molar-refractivity contribution in [3.05, 3.63) is 23.9 Å². The molecule has 76 valence electrons. The van der Waals surface area contributed by atoms with Crippen LogP contribution in [0.3, 0.4) is 0 Å². The van der Waals surface area contributed by atoms with Crippen LogP contribution in [-0.2, 0) is 4.79 Å². The monoisotopic (exact) mass is 201 g/mol. The summed E-state index contributed by atoms with van der Waals surface area (Å²) in [6, 6.07) is 5.32. The van der Waals surface area contributed by atoms with Crippen LogP contribution in [0.15, 0.2) is 18.3 Å². The van der Waals surface area contributed by atoms with Crippen molar-refractivity contribution < 1.29 is 4.79 Å². The normalized spacial score (nSPS) is 20.4. The molecule has 4 nitrogen and oxygen atoms in total. The zero-order valence-electron chi connectivity index (χ0n) is 8.47. The van der Waals surface area contributed by atoms with E-state index < -0.39 is 0 Å². The molecule has 1 aromatic heterocycles. The number of hydrogen-bond donors (Lipinski definition) is 0. The largest absolute Gasteiger partial charge is 0.297 e. The SMILES string of the molecule is CC1CCN(c2cc(C#N)ccn2)C1=O. The maximum absolute atomic E-state index is 11.7. The molecule has 4 heteroatoms. The van der Waals surface area contributed by atoms with Crippen molar-refractivity contribution in [2.45, 2.75) is 13.3 Å². The zero-order chi connectivity index (χ0) is 10.8. The molecule has 1 saturated heterocycles. The van der Waals surface area contributed by atoms with E-state index in [9.17, 15) is 4.79 Å². The Morgan fingerprint density at radius 1 is 1.67 bits per heavy atom. The van der Waals surface area contributed by atoms with Gasteiger partial charge in [-0.2, -0.15) is 5.26 Å². The minimum absolute atomic E-state index is 0.0672. The molecule has 1 unspecified atom stereocenters. The Labute approximate surface area is 88.1 Å². The molecule has 0 N–H and O–H groups in total. The van der Waals surface area contributed by atoms with Crippen molar-refractivity contribution >= 4 is 11.7 Å². The summed E-state index contributed by atoms with van der Waals surface area (Å²) in [4.78, 5) is 17.5. The second-order valence-electron chi connectivity index (χ2n) is 3.69. The summed E-state index contributed by atoms with van der Waals surface area (Å²) in [7, 11) is 0. The number of anilines is 1. The highest BCUT2D eigenvalue weighted by Crippen LogP contribution is 2.23. The van der Waals surface area contributed by atoms with Crippen LogP contribution < -0.4 is 4.90 Å². The predicted octanol–water partition coefficient (Wildman–Crippen LogP) is 1.33.